The van der Waals surface area contributed by atoms with Crippen molar-refractivity contribution in [2.24, 2.45) is 23.7 Å². The third kappa shape index (κ3) is 6.64. The molecule has 0 heterocycles. The second-order valence-electron chi connectivity index (χ2n) is 12.1. The fourth-order valence-corrected chi connectivity index (χ4v) is 7.79. The molecule has 0 saturated heterocycles. The van der Waals surface area contributed by atoms with Gasteiger partial charge in [0.15, 0.2) is 0 Å². The van der Waals surface area contributed by atoms with E-state index >= 15 is 0 Å². The smallest absolute Gasteiger partial charge is 0.0162 e. The lowest BCUT2D eigenvalue weighted by Crippen LogP contribution is -2.25. The molecule has 1 aromatic rings. The van der Waals surface area contributed by atoms with Gasteiger partial charge in [0, 0.05) is 0 Å². The first-order valence-electron chi connectivity index (χ1n) is 14.9. The van der Waals surface area contributed by atoms with Gasteiger partial charge in [0.25, 0.3) is 0 Å². The third-order valence-electron chi connectivity index (χ3n) is 9.97. The van der Waals surface area contributed by atoms with Gasteiger partial charge in [-0.1, -0.05) is 89.5 Å². The van der Waals surface area contributed by atoms with E-state index in [0.717, 1.165) is 35.5 Å². The molecule has 0 radical (unpaired) electrons. The van der Waals surface area contributed by atoms with Crippen molar-refractivity contribution >= 4 is 0 Å². The van der Waals surface area contributed by atoms with Gasteiger partial charge in [-0.15, -0.1) is 0 Å². The highest BCUT2D eigenvalue weighted by Gasteiger charge is 2.31. The van der Waals surface area contributed by atoms with E-state index in [9.17, 15) is 0 Å². The normalized spacial score (nSPS) is 33.8. The van der Waals surface area contributed by atoms with E-state index < -0.39 is 0 Å². The molecule has 0 aromatic heterocycles. The second kappa shape index (κ2) is 12.6. The predicted octanol–water partition coefficient (Wildman–Crippen LogP) is 10.4. The Kier molecular flexibility index (Phi) is 9.60. The highest BCUT2D eigenvalue weighted by atomic mass is 14.4. The topological polar surface area (TPSA) is 0 Å². The minimum absolute atomic E-state index is 0.838. The first kappa shape index (κ1) is 24.3. The van der Waals surface area contributed by atoms with Crippen LogP contribution in [0, 0.1) is 23.7 Å². The minimum Gasteiger partial charge on any atom is -0.0654 e. The lowest BCUT2D eigenvalue weighted by atomic mass is 9.68. The van der Waals surface area contributed by atoms with Crippen molar-refractivity contribution in [1.29, 1.82) is 0 Å². The van der Waals surface area contributed by atoms with E-state index in [2.05, 4.69) is 38.1 Å². The van der Waals surface area contributed by atoms with E-state index in [1.807, 2.05) is 0 Å². The van der Waals surface area contributed by atoms with Crippen LogP contribution in [0.25, 0.3) is 0 Å². The Hall–Kier alpha value is -0.780. The summed E-state index contributed by atoms with van der Waals surface area (Å²) in [7, 11) is 0. The molecule has 180 valence electrons. The van der Waals surface area contributed by atoms with Crippen molar-refractivity contribution in [2.45, 2.75) is 141 Å². The lowest BCUT2D eigenvalue weighted by molar-refractivity contribution is 0.156. The molecule has 0 nitrogen and oxygen atoms in total. The minimum atomic E-state index is 0.838. The van der Waals surface area contributed by atoms with E-state index in [1.54, 1.807) is 11.1 Å². The maximum absolute atomic E-state index is 2.52. The van der Waals surface area contributed by atoms with Crippen molar-refractivity contribution in [3.8, 4) is 0 Å². The fourth-order valence-electron chi connectivity index (χ4n) is 7.79. The van der Waals surface area contributed by atoms with Crippen LogP contribution in [0.1, 0.15) is 152 Å². The van der Waals surface area contributed by atoms with Crippen LogP contribution in [0.15, 0.2) is 24.3 Å². The Bertz CT molecular complexity index is 619. The van der Waals surface area contributed by atoms with E-state index in [1.165, 1.54) is 116 Å². The van der Waals surface area contributed by atoms with Crippen molar-refractivity contribution < 1.29 is 0 Å². The monoisotopic (exact) mass is 436 g/mol. The molecule has 0 atom stereocenters. The summed E-state index contributed by atoms with van der Waals surface area (Å²) in [4.78, 5) is 0. The Morgan fingerprint density at radius 3 is 1.44 bits per heavy atom. The standard InChI is InChI=1S/C32H52/c1-3-5-6-8-26-11-15-28(16-12-26)30-19-23-32(24-20-30)31-21-17-29(18-22-31)27-13-9-25(7-4-2)10-14-27/h19-20,23-29,31H,3-18,21-22H2,1-2H3. The summed E-state index contributed by atoms with van der Waals surface area (Å²) in [5.41, 5.74) is 3.28. The van der Waals surface area contributed by atoms with Crippen LogP contribution in [0.5, 0.6) is 0 Å². The van der Waals surface area contributed by atoms with Crippen molar-refractivity contribution in [3.05, 3.63) is 35.4 Å². The molecular formula is C32H52. The zero-order chi connectivity index (χ0) is 22.2. The lowest BCUT2D eigenvalue weighted by Gasteiger charge is -2.38. The summed E-state index contributed by atoms with van der Waals surface area (Å²) in [5.74, 6) is 5.86. The van der Waals surface area contributed by atoms with Crippen LogP contribution in [0.2, 0.25) is 0 Å². The Balaban J connectivity index is 1.19. The van der Waals surface area contributed by atoms with Crippen LogP contribution >= 0.6 is 0 Å². The molecule has 0 spiro atoms. The van der Waals surface area contributed by atoms with Crippen molar-refractivity contribution in [2.75, 3.05) is 0 Å². The van der Waals surface area contributed by atoms with E-state index in [4.69, 9.17) is 0 Å². The summed E-state index contributed by atoms with van der Waals surface area (Å²) in [6, 6.07) is 10.1. The van der Waals surface area contributed by atoms with E-state index in [0.29, 0.717) is 0 Å². The number of rotatable bonds is 9. The van der Waals surface area contributed by atoms with Crippen molar-refractivity contribution in [3.63, 3.8) is 0 Å². The summed E-state index contributed by atoms with van der Waals surface area (Å²) in [5, 5.41) is 0. The van der Waals surface area contributed by atoms with Crippen LogP contribution in [-0.2, 0) is 0 Å². The molecule has 3 fully saturated rings. The van der Waals surface area contributed by atoms with Gasteiger partial charge in [0.1, 0.15) is 0 Å². The average Bonchev–Trinajstić information content (AvgIpc) is 2.86. The molecular weight excluding hydrogens is 384 g/mol. The quantitative estimate of drug-likeness (QED) is 0.338. The molecule has 3 saturated carbocycles. The molecule has 1 aromatic carbocycles. The third-order valence-corrected chi connectivity index (χ3v) is 9.97. The highest BCUT2D eigenvalue weighted by Crippen LogP contribution is 2.45. The van der Waals surface area contributed by atoms with Gasteiger partial charge >= 0.3 is 0 Å². The first-order chi connectivity index (χ1) is 15.8. The van der Waals surface area contributed by atoms with Gasteiger partial charge < -0.3 is 0 Å². The molecule has 0 bridgehead atoms. The maximum atomic E-state index is 2.52. The van der Waals surface area contributed by atoms with Crippen LogP contribution in [0.3, 0.4) is 0 Å². The van der Waals surface area contributed by atoms with Crippen LogP contribution < -0.4 is 0 Å². The zero-order valence-corrected chi connectivity index (χ0v) is 21.5. The van der Waals surface area contributed by atoms with Crippen molar-refractivity contribution in [1.82, 2.24) is 0 Å². The molecule has 4 rings (SSSR count). The van der Waals surface area contributed by atoms with Gasteiger partial charge in [0.2, 0.25) is 0 Å². The van der Waals surface area contributed by atoms with Crippen LogP contribution in [0.4, 0.5) is 0 Å². The molecule has 0 unspecified atom stereocenters. The SMILES string of the molecule is CCCCCC1CCC(c2ccc(C3CCC(C4CCC(CCC)CC4)CC3)cc2)CC1. The molecule has 32 heavy (non-hydrogen) atoms. The van der Waals surface area contributed by atoms with Gasteiger partial charge in [0.05, 0.1) is 0 Å². The summed E-state index contributed by atoms with van der Waals surface area (Å²) in [6.07, 6.45) is 26.4. The van der Waals surface area contributed by atoms with Gasteiger partial charge in [-0.25, -0.2) is 0 Å². The Labute approximate surface area is 200 Å². The molecule has 3 aliphatic carbocycles. The summed E-state index contributed by atoms with van der Waals surface area (Å²) >= 11 is 0. The fraction of sp³-hybridized carbons (Fsp3) is 0.812. The number of unbranched alkanes of at least 4 members (excludes halogenated alkanes) is 2. The molecule has 0 N–H and O–H groups in total. The van der Waals surface area contributed by atoms with Gasteiger partial charge in [-0.2, -0.15) is 0 Å². The summed E-state index contributed by atoms with van der Waals surface area (Å²) in [6.45, 7) is 4.69. The highest BCUT2D eigenvalue weighted by molar-refractivity contribution is 5.28. The molecule has 0 heteroatoms. The summed E-state index contributed by atoms with van der Waals surface area (Å²) < 4.78 is 0. The molecule has 0 amide bonds. The number of benzene rings is 1. The van der Waals surface area contributed by atoms with Crippen LogP contribution in [-0.4, -0.2) is 0 Å². The average molecular weight is 437 g/mol. The van der Waals surface area contributed by atoms with Gasteiger partial charge in [-0.05, 0) is 111 Å². The molecule has 3 aliphatic rings. The zero-order valence-electron chi connectivity index (χ0n) is 21.5. The second-order valence-corrected chi connectivity index (χ2v) is 12.1. The first-order valence-corrected chi connectivity index (χ1v) is 14.9. The van der Waals surface area contributed by atoms with Gasteiger partial charge in [-0.3, -0.25) is 0 Å². The Morgan fingerprint density at radius 2 is 0.938 bits per heavy atom. The Morgan fingerprint density at radius 1 is 0.500 bits per heavy atom. The largest absolute Gasteiger partial charge is 0.0654 e. The number of hydrogen-bond acceptors (Lipinski definition) is 0. The predicted molar refractivity (Wildman–Crippen MR) is 140 cm³/mol. The van der Waals surface area contributed by atoms with E-state index in [-0.39, 0.29) is 0 Å². The maximum Gasteiger partial charge on any atom is -0.0162 e. The molecule has 0 aliphatic heterocycles. The number of hydrogen-bond donors (Lipinski definition) is 0.